The largest absolute Gasteiger partial charge is 0.372 e. The third-order valence-electron chi connectivity index (χ3n) is 3.13. The highest BCUT2D eigenvalue weighted by Gasteiger charge is 2.28. The van der Waals surface area contributed by atoms with Gasteiger partial charge in [-0.1, -0.05) is 12.1 Å². The van der Waals surface area contributed by atoms with Crippen molar-refractivity contribution in [2.75, 3.05) is 13.1 Å². The molecular formula is C14H18FNO2. The zero-order valence-corrected chi connectivity index (χ0v) is 10.9. The molecule has 3 nitrogen and oxygen atoms in total. The summed E-state index contributed by atoms with van der Waals surface area (Å²) in [6, 6.07) is 4.91. The van der Waals surface area contributed by atoms with E-state index in [1.807, 2.05) is 13.8 Å². The van der Waals surface area contributed by atoms with Gasteiger partial charge in [-0.3, -0.25) is 4.79 Å². The fraction of sp³-hybridized carbons (Fsp3) is 0.500. The van der Waals surface area contributed by atoms with Crippen molar-refractivity contribution in [3.63, 3.8) is 0 Å². The van der Waals surface area contributed by atoms with Crippen LogP contribution in [0.5, 0.6) is 0 Å². The summed E-state index contributed by atoms with van der Waals surface area (Å²) < 4.78 is 19.5. The minimum Gasteiger partial charge on any atom is -0.372 e. The van der Waals surface area contributed by atoms with Crippen molar-refractivity contribution in [3.8, 4) is 0 Å². The summed E-state index contributed by atoms with van der Waals surface area (Å²) in [4.78, 5) is 14.0. The van der Waals surface area contributed by atoms with Crippen LogP contribution in [0.4, 0.5) is 4.39 Å². The molecule has 98 valence electrons. The predicted octanol–water partition coefficient (Wildman–Crippen LogP) is 2.38. The van der Waals surface area contributed by atoms with Crippen LogP contribution in [-0.4, -0.2) is 36.1 Å². The lowest BCUT2D eigenvalue weighted by Crippen LogP contribution is -2.48. The van der Waals surface area contributed by atoms with Crippen LogP contribution in [0.2, 0.25) is 0 Å². The summed E-state index contributed by atoms with van der Waals surface area (Å²) in [5.74, 6) is -0.674. The first-order valence-electron chi connectivity index (χ1n) is 6.19. The second-order valence-electron chi connectivity index (χ2n) is 4.90. The number of nitrogens with zero attached hydrogens (tertiary/aromatic N) is 1. The smallest absolute Gasteiger partial charge is 0.257 e. The Morgan fingerprint density at radius 3 is 2.56 bits per heavy atom. The van der Waals surface area contributed by atoms with Gasteiger partial charge in [-0.2, -0.15) is 0 Å². The Morgan fingerprint density at radius 1 is 1.33 bits per heavy atom. The monoisotopic (exact) mass is 251 g/mol. The maximum Gasteiger partial charge on any atom is 0.257 e. The third kappa shape index (κ3) is 2.53. The van der Waals surface area contributed by atoms with E-state index in [1.165, 1.54) is 6.07 Å². The normalized spacial score (nSPS) is 24.1. The van der Waals surface area contributed by atoms with Crippen molar-refractivity contribution < 1.29 is 13.9 Å². The molecule has 2 atom stereocenters. The van der Waals surface area contributed by atoms with Gasteiger partial charge < -0.3 is 9.64 Å². The Morgan fingerprint density at radius 2 is 1.94 bits per heavy atom. The van der Waals surface area contributed by atoms with E-state index in [2.05, 4.69) is 0 Å². The molecule has 0 saturated carbocycles. The Labute approximate surface area is 107 Å². The fourth-order valence-corrected chi connectivity index (χ4v) is 2.33. The van der Waals surface area contributed by atoms with E-state index >= 15 is 0 Å². The van der Waals surface area contributed by atoms with Gasteiger partial charge in [0, 0.05) is 13.1 Å². The van der Waals surface area contributed by atoms with Gasteiger partial charge in [0.15, 0.2) is 0 Å². The number of morpholine rings is 1. The summed E-state index contributed by atoms with van der Waals surface area (Å²) >= 11 is 0. The standard InChI is InChI=1S/C14H18FNO2/c1-9-5-4-6-12(13(9)15)14(17)16-7-10(2)18-11(3)8-16/h4-6,10-11H,7-8H2,1-3H3/t10-,11+. The highest BCUT2D eigenvalue weighted by atomic mass is 19.1. The van der Waals surface area contributed by atoms with Crippen molar-refractivity contribution in [1.29, 1.82) is 0 Å². The number of carbonyl (C=O) groups excluding carboxylic acids is 1. The van der Waals surface area contributed by atoms with E-state index in [0.29, 0.717) is 18.7 Å². The number of aryl methyl sites for hydroxylation is 1. The summed E-state index contributed by atoms with van der Waals surface area (Å²) in [6.07, 6.45) is -0.0175. The van der Waals surface area contributed by atoms with Gasteiger partial charge in [0.05, 0.1) is 17.8 Å². The van der Waals surface area contributed by atoms with Gasteiger partial charge in [0.2, 0.25) is 0 Å². The average molecular weight is 251 g/mol. The highest BCUT2D eigenvalue weighted by Crippen LogP contribution is 2.18. The SMILES string of the molecule is Cc1cccc(C(=O)N2C[C@@H](C)O[C@@H](C)C2)c1F. The maximum atomic E-state index is 13.9. The van der Waals surface area contributed by atoms with Crippen LogP contribution in [0.1, 0.15) is 29.8 Å². The van der Waals surface area contributed by atoms with Gasteiger partial charge in [-0.05, 0) is 32.4 Å². The first-order valence-corrected chi connectivity index (χ1v) is 6.19. The van der Waals surface area contributed by atoms with E-state index in [-0.39, 0.29) is 23.7 Å². The molecule has 1 amide bonds. The number of rotatable bonds is 1. The molecule has 0 N–H and O–H groups in total. The van der Waals surface area contributed by atoms with Crippen LogP contribution in [0, 0.1) is 12.7 Å². The van der Waals surface area contributed by atoms with E-state index in [4.69, 9.17) is 4.74 Å². The molecule has 0 bridgehead atoms. The Hall–Kier alpha value is -1.42. The van der Waals surface area contributed by atoms with Gasteiger partial charge in [0.25, 0.3) is 5.91 Å². The first-order chi connectivity index (χ1) is 8.49. The van der Waals surface area contributed by atoms with Gasteiger partial charge >= 0.3 is 0 Å². The Balaban J connectivity index is 2.23. The summed E-state index contributed by atoms with van der Waals surface area (Å²) in [5.41, 5.74) is 0.645. The van der Waals surface area contributed by atoms with Gasteiger partial charge in [-0.25, -0.2) is 4.39 Å². The quantitative estimate of drug-likeness (QED) is 0.767. The van der Waals surface area contributed by atoms with E-state index in [9.17, 15) is 9.18 Å². The molecule has 1 aliphatic heterocycles. The minimum atomic E-state index is -0.422. The number of benzene rings is 1. The van der Waals surface area contributed by atoms with Crippen molar-refractivity contribution >= 4 is 5.91 Å². The Bertz CT molecular complexity index is 451. The number of carbonyl (C=O) groups is 1. The molecule has 1 saturated heterocycles. The lowest BCUT2D eigenvalue weighted by atomic mass is 10.1. The molecule has 0 aliphatic carbocycles. The van der Waals surface area contributed by atoms with Crippen LogP contribution >= 0.6 is 0 Å². The van der Waals surface area contributed by atoms with Gasteiger partial charge in [-0.15, -0.1) is 0 Å². The first kappa shape index (κ1) is 13.0. The molecule has 0 radical (unpaired) electrons. The lowest BCUT2D eigenvalue weighted by molar-refractivity contribution is -0.0587. The summed E-state index contributed by atoms with van der Waals surface area (Å²) in [7, 11) is 0. The molecular weight excluding hydrogens is 233 g/mol. The van der Waals surface area contributed by atoms with Crippen LogP contribution in [0.3, 0.4) is 0 Å². The molecule has 1 aliphatic rings. The molecule has 4 heteroatoms. The second kappa shape index (κ2) is 5.06. The van der Waals surface area contributed by atoms with Crippen LogP contribution in [0.25, 0.3) is 0 Å². The molecule has 1 heterocycles. The number of hydrogen-bond donors (Lipinski definition) is 0. The molecule has 0 unspecified atom stereocenters. The molecule has 0 aromatic heterocycles. The number of amides is 1. The molecule has 18 heavy (non-hydrogen) atoms. The number of hydrogen-bond acceptors (Lipinski definition) is 2. The topological polar surface area (TPSA) is 29.5 Å². The molecule has 1 aromatic carbocycles. The molecule has 1 fully saturated rings. The number of halogens is 1. The van der Waals surface area contributed by atoms with Crippen molar-refractivity contribution in [2.24, 2.45) is 0 Å². The fourth-order valence-electron chi connectivity index (χ4n) is 2.33. The maximum absolute atomic E-state index is 13.9. The Kier molecular flexibility index (Phi) is 3.66. The molecule has 0 spiro atoms. The minimum absolute atomic E-state index is 0.00873. The van der Waals surface area contributed by atoms with Crippen LogP contribution in [-0.2, 0) is 4.74 Å². The second-order valence-corrected chi connectivity index (χ2v) is 4.90. The summed E-state index contributed by atoms with van der Waals surface area (Å²) in [5, 5.41) is 0. The van der Waals surface area contributed by atoms with Crippen molar-refractivity contribution in [2.45, 2.75) is 33.0 Å². The summed E-state index contributed by atoms with van der Waals surface area (Å²) in [6.45, 7) is 6.52. The number of ether oxygens (including phenoxy) is 1. The van der Waals surface area contributed by atoms with Crippen molar-refractivity contribution in [1.82, 2.24) is 4.90 Å². The molecule has 2 rings (SSSR count). The van der Waals surface area contributed by atoms with E-state index in [0.717, 1.165) is 0 Å². The van der Waals surface area contributed by atoms with Crippen LogP contribution in [0.15, 0.2) is 18.2 Å². The third-order valence-corrected chi connectivity index (χ3v) is 3.13. The van der Waals surface area contributed by atoms with E-state index in [1.54, 1.807) is 24.0 Å². The van der Waals surface area contributed by atoms with Crippen LogP contribution < -0.4 is 0 Å². The zero-order valence-electron chi connectivity index (χ0n) is 10.9. The van der Waals surface area contributed by atoms with Crippen molar-refractivity contribution in [3.05, 3.63) is 35.1 Å². The zero-order chi connectivity index (χ0) is 13.3. The average Bonchev–Trinajstić information content (AvgIpc) is 2.30. The van der Waals surface area contributed by atoms with E-state index < -0.39 is 5.82 Å². The lowest BCUT2D eigenvalue weighted by Gasteiger charge is -2.35. The predicted molar refractivity (Wildman–Crippen MR) is 67.0 cm³/mol. The molecule has 1 aromatic rings. The highest BCUT2D eigenvalue weighted by molar-refractivity contribution is 5.94. The van der Waals surface area contributed by atoms with Gasteiger partial charge in [0.1, 0.15) is 5.82 Å².